The Labute approximate surface area is 91.6 Å². The summed E-state index contributed by atoms with van der Waals surface area (Å²) >= 11 is 0. The number of benzene rings is 1. The van der Waals surface area contributed by atoms with Gasteiger partial charge >= 0.3 is 0 Å². The number of fused-ring (bicyclic) bond motifs is 1. The molecule has 15 heavy (non-hydrogen) atoms. The molecule has 0 radical (unpaired) electrons. The zero-order chi connectivity index (χ0) is 11.1. The van der Waals surface area contributed by atoms with E-state index in [0.717, 1.165) is 5.57 Å². The summed E-state index contributed by atoms with van der Waals surface area (Å²) < 4.78 is 0. The molecule has 1 aromatic rings. The van der Waals surface area contributed by atoms with E-state index in [0.29, 0.717) is 0 Å². The summed E-state index contributed by atoms with van der Waals surface area (Å²) in [5, 5.41) is 0. The predicted molar refractivity (Wildman–Crippen MR) is 66.8 cm³/mol. The van der Waals surface area contributed by atoms with Gasteiger partial charge in [0.15, 0.2) is 0 Å². The van der Waals surface area contributed by atoms with Crippen LogP contribution in [0.25, 0.3) is 5.57 Å². The van der Waals surface area contributed by atoms with Gasteiger partial charge in [-0.25, -0.2) is 0 Å². The van der Waals surface area contributed by atoms with E-state index in [1.54, 1.807) is 0 Å². The average molecular weight is 196 g/mol. The van der Waals surface area contributed by atoms with Crippen LogP contribution in [-0.2, 0) is 5.41 Å². The van der Waals surface area contributed by atoms with Crippen molar-refractivity contribution < 1.29 is 0 Å². The van der Waals surface area contributed by atoms with Gasteiger partial charge in [0.25, 0.3) is 0 Å². The molecule has 76 valence electrons. The van der Waals surface area contributed by atoms with Crippen molar-refractivity contribution in [2.75, 3.05) is 0 Å². The number of rotatable bonds is 1. The molecule has 0 bridgehead atoms. The average Bonchev–Trinajstić information content (AvgIpc) is 2.41. The van der Waals surface area contributed by atoms with Crippen molar-refractivity contribution in [3.05, 3.63) is 66.3 Å². The lowest BCUT2D eigenvalue weighted by molar-refractivity contribution is 0.661. The summed E-state index contributed by atoms with van der Waals surface area (Å²) in [4.78, 5) is 0. The SMILES string of the molecule is C=C/C=C1\C(=C)c2ccccc2C1(C)C. The molecule has 2 rings (SSSR count). The van der Waals surface area contributed by atoms with Crippen LogP contribution in [0.5, 0.6) is 0 Å². The van der Waals surface area contributed by atoms with Crippen LogP contribution >= 0.6 is 0 Å². The molecule has 1 aliphatic carbocycles. The third-order valence-electron chi connectivity index (χ3n) is 3.21. The van der Waals surface area contributed by atoms with E-state index >= 15 is 0 Å². The fourth-order valence-electron chi connectivity index (χ4n) is 2.39. The van der Waals surface area contributed by atoms with Crippen LogP contribution in [-0.4, -0.2) is 0 Å². The lowest BCUT2D eigenvalue weighted by Crippen LogP contribution is -2.14. The number of allylic oxidation sites excluding steroid dienone is 4. The molecule has 0 aromatic heterocycles. The number of hydrogen-bond acceptors (Lipinski definition) is 0. The molecule has 0 saturated carbocycles. The maximum Gasteiger partial charge on any atom is 0.0158 e. The number of hydrogen-bond donors (Lipinski definition) is 0. The van der Waals surface area contributed by atoms with Crippen molar-refractivity contribution in [3.63, 3.8) is 0 Å². The van der Waals surface area contributed by atoms with Crippen molar-refractivity contribution in [1.82, 2.24) is 0 Å². The van der Waals surface area contributed by atoms with Crippen LogP contribution in [0.15, 0.2) is 55.1 Å². The highest BCUT2D eigenvalue weighted by Gasteiger charge is 2.36. The summed E-state index contributed by atoms with van der Waals surface area (Å²) in [6.45, 7) is 12.4. The Hall–Kier alpha value is -1.56. The van der Waals surface area contributed by atoms with Crippen molar-refractivity contribution in [1.29, 1.82) is 0 Å². The van der Waals surface area contributed by atoms with Gasteiger partial charge in [0.1, 0.15) is 0 Å². The van der Waals surface area contributed by atoms with E-state index in [4.69, 9.17) is 0 Å². The van der Waals surface area contributed by atoms with E-state index in [2.05, 4.69) is 57.3 Å². The maximum atomic E-state index is 4.18. The first-order valence-corrected chi connectivity index (χ1v) is 5.21. The summed E-state index contributed by atoms with van der Waals surface area (Å²) in [5.74, 6) is 0. The Balaban J connectivity index is 2.70. The molecule has 0 unspecified atom stereocenters. The molecule has 0 nitrogen and oxygen atoms in total. The molecule has 0 fully saturated rings. The van der Waals surface area contributed by atoms with E-state index in [1.807, 2.05) is 6.08 Å². The van der Waals surface area contributed by atoms with Crippen LogP contribution in [0.1, 0.15) is 25.0 Å². The minimum atomic E-state index is 0.0574. The topological polar surface area (TPSA) is 0 Å². The van der Waals surface area contributed by atoms with Gasteiger partial charge in [-0.1, -0.05) is 63.4 Å². The van der Waals surface area contributed by atoms with Crippen LogP contribution in [0.3, 0.4) is 0 Å². The van der Waals surface area contributed by atoms with Gasteiger partial charge in [-0.3, -0.25) is 0 Å². The Morgan fingerprint density at radius 2 is 1.87 bits per heavy atom. The standard InChI is InChI=1S/C15H16/c1-5-8-13-11(2)12-9-6-7-10-14(12)15(13,3)4/h5-10H,1-2H2,3-4H3/b13-8+. The fraction of sp³-hybridized carbons (Fsp3) is 0.200. The Morgan fingerprint density at radius 1 is 1.20 bits per heavy atom. The predicted octanol–water partition coefficient (Wildman–Crippen LogP) is 4.10. The maximum absolute atomic E-state index is 4.18. The molecule has 0 saturated heterocycles. The van der Waals surface area contributed by atoms with Gasteiger partial charge in [0.05, 0.1) is 0 Å². The third kappa shape index (κ3) is 1.29. The molecule has 1 aliphatic rings. The first-order valence-electron chi connectivity index (χ1n) is 5.21. The molecule has 1 aromatic carbocycles. The first-order chi connectivity index (χ1) is 7.09. The monoisotopic (exact) mass is 196 g/mol. The van der Waals surface area contributed by atoms with Crippen molar-refractivity contribution in [3.8, 4) is 0 Å². The van der Waals surface area contributed by atoms with Gasteiger partial charge < -0.3 is 0 Å². The van der Waals surface area contributed by atoms with Gasteiger partial charge in [-0.05, 0) is 22.3 Å². The fourth-order valence-corrected chi connectivity index (χ4v) is 2.39. The lowest BCUT2D eigenvalue weighted by atomic mass is 9.82. The Kier molecular flexibility index (Phi) is 2.15. The summed E-state index contributed by atoms with van der Waals surface area (Å²) in [5.41, 5.74) is 5.11. The molecule has 0 aliphatic heterocycles. The van der Waals surface area contributed by atoms with Gasteiger partial charge in [0.2, 0.25) is 0 Å². The third-order valence-corrected chi connectivity index (χ3v) is 3.21. The molecule has 0 heteroatoms. The molecule has 0 atom stereocenters. The first kappa shape index (κ1) is 9.97. The quantitative estimate of drug-likeness (QED) is 0.634. The Bertz CT molecular complexity index is 459. The molecular weight excluding hydrogens is 180 g/mol. The zero-order valence-corrected chi connectivity index (χ0v) is 9.38. The van der Waals surface area contributed by atoms with Crippen molar-refractivity contribution >= 4 is 5.57 Å². The Morgan fingerprint density at radius 3 is 2.47 bits per heavy atom. The second-order valence-electron chi connectivity index (χ2n) is 4.47. The second kappa shape index (κ2) is 3.23. The highest BCUT2D eigenvalue weighted by Crippen LogP contribution is 2.48. The minimum absolute atomic E-state index is 0.0574. The molecule has 0 N–H and O–H groups in total. The van der Waals surface area contributed by atoms with Gasteiger partial charge in [-0.2, -0.15) is 0 Å². The summed E-state index contributed by atoms with van der Waals surface area (Å²) in [6, 6.07) is 8.48. The van der Waals surface area contributed by atoms with E-state index < -0.39 is 0 Å². The molecular formula is C15H16. The highest BCUT2D eigenvalue weighted by molar-refractivity contribution is 5.88. The largest absolute Gasteiger partial charge is 0.0991 e. The molecule has 0 amide bonds. The van der Waals surface area contributed by atoms with Gasteiger partial charge in [-0.15, -0.1) is 0 Å². The second-order valence-corrected chi connectivity index (χ2v) is 4.47. The molecule has 0 heterocycles. The zero-order valence-electron chi connectivity index (χ0n) is 9.38. The van der Waals surface area contributed by atoms with Crippen LogP contribution in [0.2, 0.25) is 0 Å². The summed E-state index contributed by atoms with van der Waals surface area (Å²) in [7, 11) is 0. The van der Waals surface area contributed by atoms with Crippen molar-refractivity contribution in [2.24, 2.45) is 0 Å². The molecule has 0 spiro atoms. The van der Waals surface area contributed by atoms with Gasteiger partial charge in [0, 0.05) is 5.41 Å². The minimum Gasteiger partial charge on any atom is -0.0991 e. The van der Waals surface area contributed by atoms with Crippen LogP contribution in [0.4, 0.5) is 0 Å². The van der Waals surface area contributed by atoms with Crippen LogP contribution < -0.4 is 0 Å². The van der Waals surface area contributed by atoms with Crippen molar-refractivity contribution in [2.45, 2.75) is 19.3 Å². The normalized spacial score (nSPS) is 20.4. The summed E-state index contributed by atoms with van der Waals surface area (Å²) in [6.07, 6.45) is 3.91. The van der Waals surface area contributed by atoms with E-state index in [1.165, 1.54) is 16.7 Å². The highest BCUT2D eigenvalue weighted by atomic mass is 14.4. The lowest BCUT2D eigenvalue weighted by Gasteiger charge is -2.21. The van der Waals surface area contributed by atoms with Crippen LogP contribution in [0, 0.1) is 0 Å². The van der Waals surface area contributed by atoms with E-state index in [9.17, 15) is 0 Å². The van der Waals surface area contributed by atoms with E-state index in [-0.39, 0.29) is 5.41 Å². The smallest absolute Gasteiger partial charge is 0.0158 e.